The zero-order valence-electron chi connectivity index (χ0n) is 17.1. The molecule has 0 aromatic heterocycles. The molecule has 0 spiro atoms. The predicted octanol–water partition coefficient (Wildman–Crippen LogP) is 3.52. The lowest BCUT2D eigenvalue weighted by molar-refractivity contribution is -0.116. The molecule has 1 N–H and O–H groups in total. The first-order chi connectivity index (χ1) is 13.1. The number of carbonyl (C=O) groups is 1. The molecule has 0 fully saturated rings. The number of hydrogen-bond donors (Lipinski definition) is 1. The van der Waals surface area contributed by atoms with Gasteiger partial charge in [-0.1, -0.05) is 23.8 Å². The molecular weight excluding hydrogens is 376 g/mol. The van der Waals surface area contributed by atoms with Crippen molar-refractivity contribution in [3.8, 4) is 5.75 Å². The smallest absolute Gasteiger partial charge is 0.246 e. The van der Waals surface area contributed by atoms with Crippen LogP contribution in [0, 0.1) is 13.8 Å². The van der Waals surface area contributed by atoms with Gasteiger partial charge in [-0.05, 0) is 56.5 Å². The summed E-state index contributed by atoms with van der Waals surface area (Å²) in [6.07, 6.45) is 0.935. The topological polar surface area (TPSA) is 75.7 Å². The summed E-state index contributed by atoms with van der Waals surface area (Å²) in [7, 11) is -0.779. The van der Waals surface area contributed by atoms with Crippen LogP contribution in [-0.2, 0) is 21.2 Å². The summed E-state index contributed by atoms with van der Waals surface area (Å²) in [5.74, 6) is 0.0989. The molecule has 0 radical (unpaired) electrons. The van der Waals surface area contributed by atoms with Gasteiger partial charge in [-0.2, -0.15) is 0 Å². The van der Waals surface area contributed by atoms with Gasteiger partial charge in [0.15, 0.2) is 0 Å². The van der Waals surface area contributed by atoms with Crippen molar-refractivity contribution in [2.45, 2.75) is 38.5 Å². The maximum Gasteiger partial charge on any atom is 0.246 e. The van der Waals surface area contributed by atoms with Gasteiger partial charge < -0.3 is 10.1 Å². The van der Waals surface area contributed by atoms with E-state index in [0.29, 0.717) is 25.1 Å². The van der Waals surface area contributed by atoms with E-state index >= 15 is 0 Å². The molecule has 2 aromatic rings. The minimum Gasteiger partial charge on any atom is -0.492 e. The van der Waals surface area contributed by atoms with Crippen molar-refractivity contribution in [2.24, 2.45) is 0 Å². The number of aryl methyl sites for hydroxylation is 3. The fraction of sp³-hybridized carbons (Fsp3) is 0.381. The number of anilines is 1. The molecule has 0 aliphatic rings. The Morgan fingerprint density at radius 2 is 1.82 bits per heavy atom. The highest BCUT2D eigenvalue weighted by Crippen LogP contribution is 2.29. The summed E-state index contributed by atoms with van der Waals surface area (Å²) in [6.45, 7) is 6.20. The molecule has 0 saturated heterocycles. The van der Waals surface area contributed by atoms with E-state index in [9.17, 15) is 13.2 Å². The van der Waals surface area contributed by atoms with Crippen LogP contribution in [0.1, 0.15) is 30.0 Å². The Morgan fingerprint density at radius 1 is 1.11 bits per heavy atom. The van der Waals surface area contributed by atoms with Crippen molar-refractivity contribution in [3.63, 3.8) is 0 Å². The molecule has 1 amide bonds. The number of hydrogen-bond acceptors (Lipinski definition) is 4. The number of sulfonamides is 1. The summed E-state index contributed by atoms with van der Waals surface area (Å²) in [6, 6.07) is 10.8. The molecule has 0 aliphatic carbocycles. The van der Waals surface area contributed by atoms with Crippen LogP contribution < -0.4 is 10.1 Å². The lowest BCUT2D eigenvalue weighted by atomic mass is 10.0. The standard InChI is InChI=1S/C21H28N2O4S/c1-6-27-19-11-10-18(14-20(19)28(25,26)23(4)5)22-21(24)12-9-17-8-7-15(2)13-16(17)3/h7-8,10-11,13-14H,6,9,12H2,1-5H3,(H,22,24). The second-order valence-corrected chi connectivity index (χ2v) is 8.98. The number of nitrogens with zero attached hydrogens (tertiary/aromatic N) is 1. The van der Waals surface area contributed by atoms with Gasteiger partial charge in [-0.15, -0.1) is 0 Å². The lowest BCUT2D eigenvalue weighted by Crippen LogP contribution is -2.23. The van der Waals surface area contributed by atoms with Gasteiger partial charge in [0.1, 0.15) is 10.6 Å². The Bertz CT molecular complexity index is 953. The Balaban J connectivity index is 2.15. The van der Waals surface area contributed by atoms with Crippen molar-refractivity contribution in [1.82, 2.24) is 4.31 Å². The van der Waals surface area contributed by atoms with Gasteiger partial charge in [-0.25, -0.2) is 12.7 Å². The lowest BCUT2D eigenvalue weighted by Gasteiger charge is -2.16. The molecule has 7 heteroatoms. The highest BCUT2D eigenvalue weighted by atomic mass is 32.2. The maximum atomic E-state index is 12.6. The molecular formula is C21H28N2O4S. The summed E-state index contributed by atoms with van der Waals surface area (Å²) in [5.41, 5.74) is 3.90. The van der Waals surface area contributed by atoms with Crippen LogP contribution in [-0.4, -0.2) is 39.3 Å². The van der Waals surface area contributed by atoms with Crippen LogP contribution >= 0.6 is 0 Å². The maximum absolute atomic E-state index is 12.6. The fourth-order valence-electron chi connectivity index (χ4n) is 2.86. The largest absolute Gasteiger partial charge is 0.492 e. The Kier molecular flexibility index (Phi) is 7.21. The molecule has 0 unspecified atom stereocenters. The van der Waals surface area contributed by atoms with Crippen molar-refractivity contribution in [1.29, 1.82) is 0 Å². The van der Waals surface area contributed by atoms with Crippen LogP contribution in [0.3, 0.4) is 0 Å². The Hall–Kier alpha value is -2.38. The highest BCUT2D eigenvalue weighted by Gasteiger charge is 2.23. The molecule has 2 aromatic carbocycles. The number of amides is 1. The van der Waals surface area contributed by atoms with E-state index in [1.807, 2.05) is 26.0 Å². The van der Waals surface area contributed by atoms with E-state index < -0.39 is 10.0 Å². The van der Waals surface area contributed by atoms with Crippen molar-refractivity contribution in [2.75, 3.05) is 26.0 Å². The number of nitrogens with one attached hydrogen (secondary N) is 1. The molecule has 0 aliphatic heterocycles. The highest BCUT2D eigenvalue weighted by molar-refractivity contribution is 7.89. The zero-order valence-corrected chi connectivity index (χ0v) is 17.9. The molecule has 0 bridgehead atoms. The van der Waals surface area contributed by atoms with Crippen LogP contribution in [0.15, 0.2) is 41.3 Å². The second-order valence-electron chi connectivity index (χ2n) is 6.86. The van der Waals surface area contributed by atoms with Crippen LogP contribution in [0.25, 0.3) is 0 Å². The third-order valence-electron chi connectivity index (χ3n) is 4.41. The van der Waals surface area contributed by atoms with Crippen LogP contribution in [0.5, 0.6) is 5.75 Å². The van der Waals surface area contributed by atoms with Crippen molar-refractivity contribution < 1.29 is 17.9 Å². The Morgan fingerprint density at radius 3 is 2.43 bits per heavy atom. The van der Waals surface area contributed by atoms with Gasteiger partial charge in [0, 0.05) is 26.2 Å². The molecule has 0 heterocycles. The van der Waals surface area contributed by atoms with Crippen molar-refractivity contribution in [3.05, 3.63) is 53.1 Å². The SMILES string of the molecule is CCOc1ccc(NC(=O)CCc2ccc(C)cc2C)cc1S(=O)(=O)N(C)C. The third-order valence-corrected chi connectivity index (χ3v) is 6.24. The van der Waals surface area contributed by atoms with E-state index in [4.69, 9.17) is 4.74 Å². The summed E-state index contributed by atoms with van der Waals surface area (Å²) >= 11 is 0. The Labute approximate surface area is 167 Å². The first kappa shape index (κ1) is 21.9. The van der Waals surface area contributed by atoms with Gasteiger partial charge in [0.25, 0.3) is 0 Å². The molecule has 6 nitrogen and oxygen atoms in total. The number of carbonyl (C=O) groups excluding carboxylic acids is 1. The fourth-order valence-corrected chi connectivity index (χ4v) is 3.91. The van der Waals surface area contributed by atoms with Crippen molar-refractivity contribution >= 4 is 21.6 Å². The molecule has 0 saturated carbocycles. The average Bonchev–Trinajstić information content (AvgIpc) is 2.62. The van der Waals surface area contributed by atoms with Gasteiger partial charge in [-0.3, -0.25) is 4.79 Å². The predicted molar refractivity (Wildman–Crippen MR) is 111 cm³/mol. The van der Waals surface area contributed by atoms with Crippen LogP contribution in [0.4, 0.5) is 5.69 Å². The van der Waals surface area contributed by atoms with E-state index in [1.165, 1.54) is 25.7 Å². The summed E-state index contributed by atoms with van der Waals surface area (Å²) < 4.78 is 31.7. The van der Waals surface area contributed by atoms with E-state index in [0.717, 1.165) is 15.4 Å². The molecule has 0 atom stereocenters. The third kappa shape index (κ3) is 5.33. The number of rotatable bonds is 8. The quantitative estimate of drug-likeness (QED) is 0.730. The first-order valence-electron chi connectivity index (χ1n) is 9.20. The molecule has 2 rings (SSSR count). The molecule has 152 valence electrons. The normalized spacial score (nSPS) is 11.5. The van der Waals surface area contributed by atoms with E-state index in [-0.39, 0.29) is 16.6 Å². The van der Waals surface area contributed by atoms with E-state index in [1.54, 1.807) is 19.1 Å². The van der Waals surface area contributed by atoms with E-state index in [2.05, 4.69) is 11.4 Å². The van der Waals surface area contributed by atoms with Gasteiger partial charge >= 0.3 is 0 Å². The average molecular weight is 405 g/mol. The van der Waals surface area contributed by atoms with Gasteiger partial charge in [0.05, 0.1) is 6.61 Å². The van der Waals surface area contributed by atoms with Gasteiger partial charge in [0.2, 0.25) is 15.9 Å². The van der Waals surface area contributed by atoms with Crippen LogP contribution in [0.2, 0.25) is 0 Å². The second kappa shape index (κ2) is 9.21. The monoisotopic (exact) mass is 404 g/mol. The molecule has 28 heavy (non-hydrogen) atoms. The first-order valence-corrected chi connectivity index (χ1v) is 10.6. The summed E-state index contributed by atoms with van der Waals surface area (Å²) in [4.78, 5) is 12.4. The minimum absolute atomic E-state index is 0.0338. The minimum atomic E-state index is -3.70. The zero-order chi connectivity index (χ0) is 20.9. The number of benzene rings is 2. The summed E-state index contributed by atoms with van der Waals surface area (Å²) in [5, 5.41) is 2.79. The number of ether oxygens (including phenoxy) is 1.